The van der Waals surface area contributed by atoms with Gasteiger partial charge in [0, 0.05) is 43.4 Å². The predicted octanol–water partition coefficient (Wildman–Crippen LogP) is 3.11. The minimum atomic E-state index is 0.0335. The smallest absolute Gasteiger partial charge is 0.254 e. The Kier molecular flexibility index (Phi) is 5.19. The average molecular weight is 374 g/mol. The molecule has 1 aliphatic heterocycles. The van der Waals surface area contributed by atoms with Gasteiger partial charge >= 0.3 is 0 Å². The number of carbonyl (C=O) groups excluding carboxylic acids is 1. The van der Waals surface area contributed by atoms with Crippen LogP contribution in [0.25, 0.3) is 11.3 Å². The summed E-state index contributed by atoms with van der Waals surface area (Å²) in [5, 5.41) is 0. The van der Waals surface area contributed by atoms with Crippen molar-refractivity contribution in [1.29, 1.82) is 0 Å². The van der Waals surface area contributed by atoms with E-state index < -0.39 is 0 Å². The van der Waals surface area contributed by atoms with Crippen molar-refractivity contribution in [1.82, 2.24) is 14.9 Å². The second kappa shape index (κ2) is 8.08. The molecule has 4 rings (SSSR count). The van der Waals surface area contributed by atoms with Gasteiger partial charge in [-0.05, 0) is 18.2 Å². The van der Waals surface area contributed by atoms with Gasteiger partial charge in [-0.1, -0.05) is 36.4 Å². The molecule has 0 radical (unpaired) electrons. The molecular formula is C22H22N4O2. The fraction of sp³-hybridized carbons (Fsp3) is 0.227. The van der Waals surface area contributed by atoms with E-state index in [2.05, 4.69) is 14.9 Å². The van der Waals surface area contributed by atoms with Crippen LogP contribution in [0.2, 0.25) is 0 Å². The summed E-state index contributed by atoms with van der Waals surface area (Å²) >= 11 is 0. The SMILES string of the molecule is COc1cccc(C(=O)N2CCN(c3cc(-c4ccccc4)ncn3)CC2)c1. The third-order valence-electron chi connectivity index (χ3n) is 4.93. The average Bonchev–Trinajstić information content (AvgIpc) is 2.79. The van der Waals surface area contributed by atoms with Crippen molar-refractivity contribution < 1.29 is 9.53 Å². The molecule has 0 aliphatic carbocycles. The van der Waals surface area contributed by atoms with Gasteiger partial charge in [-0.3, -0.25) is 4.79 Å². The molecule has 2 heterocycles. The highest BCUT2D eigenvalue weighted by atomic mass is 16.5. The van der Waals surface area contributed by atoms with Gasteiger partial charge in [0.1, 0.15) is 17.9 Å². The van der Waals surface area contributed by atoms with Gasteiger partial charge in [-0.25, -0.2) is 9.97 Å². The number of carbonyl (C=O) groups is 1. The summed E-state index contributed by atoms with van der Waals surface area (Å²) in [6, 6.07) is 19.4. The molecule has 1 aromatic heterocycles. The quantitative estimate of drug-likeness (QED) is 0.702. The number of ether oxygens (including phenoxy) is 1. The van der Waals surface area contributed by atoms with E-state index in [1.165, 1.54) is 0 Å². The summed E-state index contributed by atoms with van der Waals surface area (Å²) in [5.74, 6) is 1.62. The number of amides is 1. The molecule has 28 heavy (non-hydrogen) atoms. The molecule has 1 aliphatic rings. The van der Waals surface area contributed by atoms with Crippen molar-refractivity contribution >= 4 is 11.7 Å². The standard InChI is InChI=1S/C22H22N4O2/c1-28-19-9-5-8-18(14-19)22(27)26-12-10-25(11-13-26)21-15-20(23-16-24-21)17-6-3-2-4-7-17/h2-9,14-16H,10-13H2,1H3. The van der Waals surface area contributed by atoms with Gasteiger partial charge < -0.3 is 14.5 Å². The van der Waals surface area contributed by atoms with Crippen LogP contribution in [0, 0.1) is 0 Å². The van der Waals surface area contributed by atoms with Crippen LogP contribution >= 0.6 is 0 Å². The Hall–Kier alpha value is -3.41. The van der Waals surface area contributed by atoms with Gasteiger partial charge in [-0.2, -0.15) is 0 Å². The predicted molar refractivity (Wildman–Crippen MR) is 109 cm³/mol. The minimum Gasteiger partial charge on any atom is -0.497 e. The van der Waals surface area contributed by atoms with Crippen LogP contribution in [0.3, 0.4) is 0 Å². The second-order valence-electron chi connectivity index (χ2n) is 6.64. The molecule has 3 aromatic rings. The lowest BCUT2D eigenvalue weighted by atomic mass is 10.1. The summed E-state index contributed by atoms with van der Waals surface area (Å²) in [5.41, 5.74) is 2.62. The maximum absolute atomic E-state index is 12.8. The van der Waals surface area contributed by atoms with Crippen LogP contribution < -0.4 is 9.64 Å². The van der Waals surface area contributed by atoms with E-state index in [1.54, 1.807) is 19.5 Å². The first-order valence-electron chi connectivity index (χ1n) is 9.30. The summed E-state index contributed by atoms with van der Waals surface area (Å²) in [4.78, 5) is 25.7. The second-order valence-corrected chi connectivity index (χ2v) is 6.64. The summed E-state index contributed by atoms with van der Waals surface area (Å²) in [6.45, 7) is 2.78. The molecule has 0 unspecified atom stereocenters. The molecule has 1 amide bonds. The monoisotopic (exact) mass is 374 g/mol. The zero-order valence-electron chi connectivity index (χ0n) is 15.8. The number of nitrogens with zero attached hydrogens (tertiary/aromatic N) is 4. The number of anilines is 1. The van der Waals surface area contributed by atoms with Crippen molar-refractivity contribution in [2.45, 2.75) is 0 Å². The fourth-order valence-corrected chi connectivity index (χ4v) is 3.36. The van der Waals surface area contributed by atoms with E-state index in [0.717, 1.165) is 30.2 Å². The van der Waals surface area contributed by atoms with E-state index >= 15 is 0 Å². The maximum atomic E-state index is 12.8. The van der Waals surface area contributed by atoms with Crippen LogP contribution in [-0.4, -0.2) is 54.1 Å². The Morgan fingerprint density at radius 3 is 2.46 bits per heavy atom. The van der Waals surface area contributed by atoms with E-state index in [1.807, 2.05) is 59.5 Å². The highest BCUT2D eigenvalue weighted by molar-refractivity contribution is 5.94. The number of hydrogen-bond acceptors (Lipinski definition) is 5. The molecule has 142 valence electrons. The number of hydrogen-bond donors (Lipinski definition) is 0. The minimum absolute atomic E-state index is 0.0335. The molecule has 6 nitrogen and oxygen atoms in total. The highest BCUT2D eigenvalue weighted by Gasteiger charge is 2.23. The molecule has 0 N–H and O–H groups in total. The first-order chi connectivity index (χ1) is 13.7. The topological polar surface area (TPSA) is 58.6 Å². The number of methoxy groups -OCH3 is 1. The van der Waals surface area contributed by atoms with Gasteiger partial charge in [0.2, 0.25) is 0 Å². The Morgan fingerprint density at radius 2 is 1.71 bits per heavy atom. The van der Waals surface area contributed by atoms with Crippen molar-refractivity contribution in [2.75, 3.05) is 38.2 Å². The van der Waals surface area contributed by atoms with E-state index in [0.29, 0.717) is 24.4 Å². The van der Waals surface area contributed by atoms with Crippen LogP contribution in [0.5, 0.6) is 5.75 Å². The molecule has 0 spiro atoms. The van der Waals surface area contributed by atoms with E-state index in [9.17, 15) is 4.79 Å². The van der Waals surface area contributed by atoms with Crippen LogP contribution in [0.1, 0.15) is 10.4 Å². The Labute approximate surface area is 164 Å². The number of benzene rings is 2. The molecule has 0 saturated carbocycles. The van der Waals surface area contributed by atoms with Gasteiger partial charge in [0.05, 0.1) is 12.8 Å². The van der Waals surface area contributed by atoms with Crippen LogP contribution in [0.15, 0.2) is 67.0 Å². The number of piperazine rings is 1. The van der Waals surface area contributed by atoms with Crippen molar-refractivity contribution in [3.63, 3.8) is 0 Å². The van der Waals surface area contributed by atoms with Gasteiger partial charge in [0.25, 0.3) is 5.91 Å². The molecule has 6 heteroatoms. The summed E-state index contributed by atoms with van der Waals surface area (Å²) in [7, 11) is 1.60. The molecular weight excluding hydrogens is 352 g/mol. The third kappa shape index (κ3) is 3.81. The molecule has 0 atom stereocenters. The summed E-state index contributed by atoms with van der Waals surface area (Å²) < 4.78 is 5.22. The zero-order chi connectivity index (χ0) is 19.3. The van der Waals surface area contributed by atoms with E-state index in [4.69, 9.17) is 4.74 Å². The Bertz CT molecular complexity index is 954. The molecule has 1 fully saturated rings. The number of rotatable bonds is 4. The molecule has 0 bridgehead atoms. The van der Waals surface area contributed by atoms with Crippen molar-refractivity contribution in [3.8, 4) is 17.0 Å². The normalized spacial score (nSPS) is 14.0. The third-order valence-corrected chi connectivity index (χ3v) is 4.93. The Balaban J connectivity index is 1.43. The van der Waals surface area contributed by atoms with Crippen LogP contribution in [0.4, 0.5) is 5.82 Å². The van der Waals surface area contributed by atoms with Gasteiger partial charge in [0.15, 0.2) is 0 Å². The molecule has 1 saturated heterocycles. The first kappa shape index (κ1) is 18.0. The Morgan fingerprint density at radius 1 is 0.929 bits per heavy atom. The number of aromatic nitrogens is 2. The van der Waals surface area contributed by atoms with Crippen LogP contribution in [-0.2, 0) is 0 Å². The van der Waals surface area contributed by atoms with Crippen molar-refractivity contribution in [2.24, 2.45) is 0 Å². The lowest BCUT2D eigenvalue weighted by Gasteiger charge is -2.35. The largest absolute Gasteiger partial charge is 0.497 e. The van der Waals surface area contributed by atoms with Gasteiger partial charge in [-0.15, -0.1) is 0 Å². The summed E-state index contributed by atoms with van der Waals surface area (Å²) in [6.07, 6.45) is 1.60. The lowest BCUT2D eigenvalue weighted by molar-refractivity contribution is 0.0746. The zero-order valence-corrected chi connectivity index (χ0v) is 15.8. The molecule has 2 aromatic carbocycles. The maximum Gasteiger partial charge on any atom is 0.254 e. The lowest BCUT2D eigenvalue weighted by Crippen LogP contribution is -2.49. The van der Waals surface area contributed by atoms with Crippen molar-refractivity contribution in [3.05, 3.63) is 72.6 Å². The van der Waals surface area contributed by atoms with E-state index in [-0.39, 0.29) is 5.91 Å². The highest BCUT2D eigenvalue weighted by Crippen LogP contribution is 2.22. The fourth-order valence-electron chi connectivity index (χ4n) is 3.36. The first-order valence-corrected chi connectivity index (χ1v) is 9.30.